The average Bonchev–Trinajstić information content (AvgIpc) is 2.73. The van der Waals surface area contributed by atoms with E-state index in [4.69, 9.17) is 10.5 Å². The molecule has 0 amide bonds. The Morgan fingerprint density at radius 3 is 2.93 bits per heavy atom. The van der Waals surface area contributed by atoms with Crippen LogP contribution in [0.5, 0.6) is 0 Å². The first-order valence-electron chi connectivity index (χ1n) is 5.09. The smallest absolute Gasteiger partial charge is 0.0551 e. The van der Waals surface area contributed by atoms with Crippen molar-refractivity contribution in [3.05, 3.63) is 21.9 Å². The highest BCUT2D eigenvalue weighted by Gasteiger charge is 2.29. The molecule has 0 spiro atoms. The number of nitrogens with two attached hydrogens (primary N) is 1. The maximum atomic E-state index is 6.23. The maximum absolute atomic E-state index is 6.23. The summed E-state index contributed by atoms with van der Waals surface area (Å²) in [4.78, 5) is 1.34. The van der Waals surface area contributed by atoms with Crippen LogP contribution in [-0.4, -0.2) is 12.7 Å². The van der Waals surface area contributed by atoms with E-state index in [2.05, 4.69) is 25.3 Å². The van der Waals surface area contributed by atoms with Gasteiger partial charge >= 0.3 is 0 Å². The second-order valence-electron chi connectivity index (χ2n) is 4.10. The van der Waals surface area contributed by atoms with Gasteiger partial charge in [-0.05, 0) is 37.3 Å². The van der Waals surface area contributed by atoms with Gasteiger partial charge in [-0.3, -0.25) is 0 Å². The summed E-state index contributed by atoms with van der Waals surface area (Å²) in [6.07, 6.45) is 1.47. The molecular formula is C11H17NOS. The summed E-state index contributed by atoms with van der Waals surface area (Å²) in [6.45, 7) is 5.07. The second kappa shape index (κ2) is 4.01. The monoisotopic (exact) mass is 211 g/mol. The summed E-state index contributed by atoms with van der Waals surface area (Å²) in [5.74, 6) is 0.498. The summed E-state index contributed by atoms with van der Waals surface area (Å²) in [6, 6.07) is 2.30. The van der Waals surface area contributed by atoms with Gasteiger partial charge in [0.15, 0.2) is 0 Å². The van der Waals surface area contributed by atoms with E-state index in [1.165, 1.54) is 10.4 Å². The van der Waals surface area contributed by atoms with Crippen molar-refractivity contribution in [3.8, 4) is 0 Å². The molecule has 1 aromatic heterocycles. The topological polar surface area (TPSA) is 35.2 Å². The number of aryl methyl sites for hydroxylation is 1. The summed E-state index contributed by atoms with van der Waals surface area (Å²) in [5.41, 5.74) is 7.54. The van der Waals surface area contributed by atoms with Crippen LogP contribution < -0.4 is 5.73 Å². The van der Waals surface area contributed by atoms with Gasteiger partial charge in [-0.15, -0.1) is 11.3 Å². The summed E-state index contributed by atoms with van der Waals surface area (Å²) >= 11 is 1.77. The summed E-state index contributed by atoms with van der Waals surface area (Å²) in [7, 11) is 0. The van der Waals surface area contributed by atoms with Crippen LogP contribution in [0.2, 0.25) is 0 Å². The number of rotatable bonds is 2. The molecule has 1 saturated heterocycles. The van der Waals surface area contributed by atoms with Crippen molar-refractivity contribution >= 4 is 11.3 Å². The van der Waals surface area contributed by atoms with Crippen molar-refractivity contribution in [2.45, 2.75) is 32.4 Å². The molecule has 0 aromatic carbocycles. The van der Waals surface area contributed by atoms with Crippen LogP contribution in [0.15, 0.2) is 11.4 Å². The molecule has 0 aliphatic carbocycles. The lowest BCUT2D eigenvalue weighted by atomic mass is 9.92. The van der Waals surface area contributed by atoms with Crippen molar-refractivity contribution in [1.82, 2.24) is 0 Å². The molecule has 2 rings (SSSR count). The van der Waals surface area contributed by atoms with Crippen LogP contribution in [0.3, 0.4) is 0 Å². The third-order valence-electron chi connectivity index (χ3n) is 3.00. The molecule has 1 aliphatic rings. The van der Waals surface area contributed by atoms with E-state index in [0.29, 0.717) is 12.0 Å². The van der Waals surface area contributed by atoms with Crippen molar-refractivity contribution in [2.75, 3.05) is 6.61 Å². The molecule has 3 unspecified atom stereocenters. The van der Waals surface area contributed by atoms with Gasteiger partial charge in [0.2, 0.25) is 0 Å². The first-order valence-corrected chi connectivity index (χ1v) is 5.97. The summed E-state index contributed by atoms with van der Waals surface area (Å²) in [5, 5.41) is 2.11. The van der Waals surface area contributed by atoms with Gasteiger partial charge in [-0.2, -0.15) is 0 Å². The molecule has 1 fully saturated rings. The molecule has 2 N–H and O–H groups in total. The lowest BCUT2D eigenvalue weighted by Gasteiger charge is -2.17. The molecule has 0 saturated carbocycles. The molecule has 78 valence electrons. The van der Waals surface area contributed by atoms with Crippen LogP contribution in [0.1, 0.15) is 29.8 Å². The SMILES string of the molecule is Cc1sccc1C(N)C1COC(C)C1. The minimum atomic E-state index is 0.159. The Morgan fingerprint density at radius 2 is 2.43 bits per heavy atom. The Labute approximate surface area is 89.1 Å². The van der Waals surface area contributed by atoms with Crippen LogP contribution in [0.25, 0.3) is 0 Å². The minimum Gasteiger partial charge on any atom is -0.378 e. The van der Waals surface area contributed by atoms with Gasteiger partial charge in [0.05, 0.1) is 12.7 Å². The van der Waals surface area contributed by atoms with Crippen molar-refractivity contribution in [2.24, 2.45) is 11.7 Å². The normalized spacial score (nSPS) is 29.4. The van der Waals surface area contributed by atoms with Crippen LogP contribution in [0, 0.1) is 12.8 Å². The fourth-order valence-corrected chi connectivity index (χ4v) is 2.85. The quantitative estimate of drug-likeness (QED) is 0.815. The van der Waals surface area contributed by atoms with Crippen LogP contribution >= 0.6 is 11.3 Å². The van der Waals surface area contributed by atoms with Crippen molar-refractivity contribution in [3.63, 3.8) is 0 Å². The largest absolute Gasteiger partial charge is 0.378 e. The molecule has 0 radical (unpaired) electrons. The first-order chi connectivity index (χ1) is 6.68. The Bertz CT molecular complexity index is 310. The first kappa shape index (κ1) is 10.1. The van der Waals surface area contributed by atoms with E-state index < -0.39 is 0 Å². The van der Waals surface area contributed by atoms with Crippen molar-refractivity contribution in [1.29, 1.82) is 0 Å². The van der Waals surface area contributed by atoms with Gasteiger partial charge in [0, 0.05) is 16.8 Å². The molecule has 14 heavy (non-hydrogen) atoms. The standard InChI is InChI=1S/C11H17NOS/c1-7-5-9(6-13-7)11(12)10-3-4-14-8(10)2/h3-4,7,9,11H,5-6,12H2,1-2H3. The highest BCUT2D eigenvalue weighted by Crippen LogP contribution is 2.32. The Hall–Kier alpha value is -0.380. The number of hydrogen-bond donors (Lipinski definition) is 1. The molecule has 0 bridgehead atoms. The minimum absolute atomic E-state index is 0.159. The fourth-order valence-electron chi connectivity index (χ4n) is 2.10. The third-order valence-corrected chi connectivity index (χ3v) is 3.86. The average molecular weight is 211 g/mol. The van der Waals surface area contributed by atoms with Gasteiger partial charge in [0.25, 0.3) is 0 Å². The number of hydrogen-bond acceptors (Lipinski definition) is 3. The van der Waals surface area contributed by atoms with Crippen molar-refractivity contribution < 1.29 is 4.74 Å². The molecule has 2 heterocycles. The zero-order chi connectivity index (χ0) is 10.1. The molecule has 1 aromatic rings. The number of thiophene rings is 1. The second-order valence-corrected chi connectivity index (χ2v) is 5.22. The van der Waals surface area contributed by atoms with E-state index in [-0.39, 0.29) is 6.04 Å². The number of ether oxygens (including phenoxy) is 1. The fraction of sp³-hybridized carbons (Fsp3) is 0.636. The molecular weight excluding hydrogens is 194 g/mol. The van der Waals surface area contributed by atoms with E-state index in [1.54, 1.807) is 11.3 Å². The Morgan fingerprint density at radius 1 is 1.64 bits per heavy atom. The highest BCUT2D eigenvalue weighted by molar-refractivity contribution is 7.10. The highest BCUT2D eigenvalue weighted by atomic mass is 32.1. The lowest BCUT2D eigenvalue weighted by Crippen LogP contribution is -2.21. The van der Waals surface area contributed by atoms with Gasteiger partial charge in [-0.25, -0.2) is 0 Å². The molecule has 2 nitrogen and oxygen atoms in total. The predicted octanol–water partition coefficient (Wildman–Crippen LogP) is 2.48. The lowest BCUT2D eigenvalue weighted by molar-refractivity contribution is 0.118. The van der Waals surface area contributed by atoms with Gasteiger partial charge < -0.3 is 10.5 Å². The Kier molecular flexibility index (Phi) is 2.91. The Balaban J connectivity index is 2.09. The van der Waals surface area contributed by atoms with Gasteiger partial charge in [-0.1, -0.05) is 0 Å². The predicted molar refractivity (Wildman–Crippen MR) is 59.5 cm³/mol. The third kappa shape index (κ3) is 1.85. The van der Waals surface area contributed by atoms with Crippen LogP contribution in [0.4, 0.5) is 0 Å². The van der Waals surface area contributed by atoms with E-state index in [9.17, 15) is 0 Å². The maximum Gasteiger partial charge on any atom is 0.0551 e. The summed E-state index contributed by atoms with van der Waals surface area (Å²) < 4.78 is 5.55. The van der Waals surface area contributed by atoms with E-state index in [0.717, 1.165) is 13.0 Å². The van der Waals surface area contributed by atoms with E-state index in [1.807, 2.05) is 0 Å². The van der Waals surface area contributed by atoms with E-state index >= 15 is 0 Å². The molecule has 1 aliphatic heterocycles. The zero-order valence-corrected chi connectivity index (χ0v) is 9.51. The molecule has 3 heteroatoms. The zero-order valence-electron chi connectivity index (χ0n) is 8.69. The van der Waals surface area contributed by atoms with Crippen LogP contribution in [-0.2, 0) is 4.74 Å². The molecule has 3 atom stereocenters. The van der Waals surface area contributed by atoms with Gasteiger partial charge in [0.1, 0.15) is 0 Å².